The van der Waals surface area contributed by atoms with E-state index in [0.29, 0.717) is 6.08 Å². The van der Waals surface area contributed by atoms with Crippen molar-refractivity contribution in [2.24, 2.45) is 0 Å². The highest BCUT2D eigenvalue weighted by Crippen LogP contribution is 2.31. The van der Waals surface area contributed by atoms with Crippen molar-refractivity contribution in [2.45, 2.75) is 6.18 Å². The third kappa shape index (κ3) is 5.89. The van der Waals surface area contributed by atoms with Crippen molar-refractivity contribution >= 4 is 58.5 Å². The Hall–Kier alpha value is -2.22. The number of hydrogen-bond donors (Lipinski definition) is 2. The Balaban J connectivity index is 2.08. The van der Waals surface area contributed by atoms with Gasteiger partial charge in [0.2, 0.25) is 0 Å². The molecule has 0 unspecified atom stereocenters. The maximum Gasteiger partial charge on any atom is 0.426 e. The van der Waals surface area contributed by atoms with Crippen molar-refractivity contribution in [3.05, 3.63) is 68.7 Å². The lowest BCUT2D eigenvalue weighted by molar-refractivity contribution is -0.0836. The average Bonchev–Trinajstić information content (AvgIpc) is 2.56. The van der Waals surface area contributed by atoms with Crippen molar-refractivity contribution in [3.63, 3.8) is 0 Å². The van der Waals surface area contributed by atoms with E-state index in [1.165, 1.54) is 30.3 Å². The van der Waals surface area contributed by atoms with Gasteiger partial charge in [0.05, 0.1) is 21.3 Å². The molecular weight excluding hydrogens is 428 g/mol. The highest BCUT2D eigenvalue weighted by Gasteiger charge is 2.32. The van der Waals surface area contributed by atoms with Crippen molar-refractivity contribution in [1.82, 2.24) is 5.32 Å². The fourth-order valence-electron chi connectivity index (χ4n) is 1.92. The molecule has 2 aromatic rings. The summed E-state index contributed by atoms with van der Waals surface area (Å²) >= 11 is 17.0. The molecular formula is C17H10Cl3F3N2O2. The third-order valence-corrected chi connectivity index (χ3v) is 4.12. The maximum atomic E-state index is 12.4. The van der Waals surface area contributed by atoms with Gasteiger partial charge in [-0.15, -0.1) is 0 Å². The lowest BCUT2D eigenvalue weighted by atomic mass is 10.2. The minimum atomic E-state index is -4.68. The molecule has 27 heavy (non-hydrogen) atoms. The number of rotatable bonds is 3. The molecule has 0 saturated carbocycles. The van der Waals surface area contributed by atoms with E-state index in [1.807, 2.05) is 0 Å². The van der Waals surface area contributed by atoms with Gasteiger partial charge in [-0.25, -0.2) is 4.79 Å². The van der Waals surface area contributed by atoms with Crippen molar-refractivity contribution in [1.29, 1.82) is 0 Å². The van der Waals surface area contributed by atoms with Crippen LogP contribution in [0.25, 0.3) is 6.08 Å². The second-order valence-electron chi connectivity index (χ2n) is 5.12. The van der Waals surface area contributed by atoms with E-state index < -0.39 is 23.1 Å². The highest BCUT2D eigenvalue weighted by atomic mass is 35.5. The monoisotopic (exact) mass is 436 g/mol. The molecule has 10 heteroatoms. The van der Waals surface area contributed by atoms with Crippen LogP contribution >= 0.6 is 34.8 Å². The molecule has 0 bridgehead atoms. The maximum absolute atomic E-state index is 12.4. The van der Waals surface area contributed by atoms with Crippen LogP contribution in [-0.4, -0.2) is 18.1 Å². The highest BCUT2D eigenvalue weighted by molar-refractivity contribution is 6.35. The van der Waals surface area contributed by atoms with E-state index in [2.05, 4.69) is 10.6 Å². The molecule has 0 aliphatic heterocycles. The van der Waals surface area contributed by atoms with Gasteiger partial charge in [-0.3, -0.25) is 10.1 Å². The number of allylic oxidation sites excluding steroid dienone is 1. The summed E-state index contributed by atoms with van der Waals surface area (Å²) < 4.78 is 37.3. The number of carbonyl (C=O) groups excluding carboxylic acids is 2. The summed E-state index contributed by atoms with van der Waals surface area (Å²) in [5.41, 5.74) is 0.268. The van der Waals surface area contributed by atoms with E-state index in [0.717, 1.165) is 0 Å². The zero-order valence-electron chi connectivity index (χ0n) is 13.2. The van der Waals surface area contributed by atoms with E-state index in [1.54, 1.807) is 12.1 Å². The molecule has 142 valence electrons. The van der Waals surface area contributed by atoms with Crippen LogP contribution in [0.5, 0.6) is 0 Å². The molecule has 0 spiro atoms. The summed E-state index contributed by atoms with van der Waals surface area (Å²) in [5, 5.41) is 3.19. The van der Waals surface area contributed by atoms with E-state index in [-0.39, 0.29) is 26.9 Å². The topological polar surface area (TPSA) is 58.2 Å². The second kappa shape index (κ2) is 8.65. The minimum absolute atomic E-state index is 0.0456. The predicted molar refractivity (Wildman–Crippen MR) is 99.3 cm³/mol. The van der Waals surface area contributed by atoms with Crippen LogP contribution in [0.4, 0.5) is 23.7 Å². The number of imide groups is 1. The Bertz CT molecular complexity index is 915. The molecule has 2 N–H and O–H groups in total. The largest absolute Gasteiger partial charge is 0.426 e. The summed E-state index contributed by atoms with van der Waals surface area (Å²) in [7, 11) is 0. The van der Waals surface area contributed by atoms with Crippen LogP contribution in [0.15, 0.2) is 47.5 Å². The number of carbonyl (C=O) groups is 2. The summed E-state index contributed by atoms with van der Waals surface area (Å²) in [4.78, 5) is 23.9. The predicted octanol–water partition coefficient (Wildman–Crippen LogP) is 6.10. The summed E-state index contributed by atoms with van der Waals surface area (Å²) in [6.45, 7) is 0. The number of nitrogens with one attached hydrogen (secondary N) is 2. The molecule has 0 radical (unpaired) electrons. The number of amides is 3. The molecule has 2 aromatic carbocycles. The molecule has 0 aromatic heterocycles. The summed E-state index contributed by atoms with van der Waals surface area (Å²) in [6, 6.07) is 8.96. The lowest BCUT2D eigenvalue weighted by Gasteiger charge is -2.10. The average molecular weight is 438 g/mol. The normalized spacial score (nSPS) is 11.9. The minimum Gasteiger partial charge on any atom is -0.306 e. The van der Waals surface area contributed by atoms with Gasteiger partial charge >= 0.3 is 12.2 Å². The lowest BCUT2D eigenvalue weighted by Crippen LogP contribution is -2.34. The molecule has 4 nitrogen and oxygen atoms in total. The molecule has 0 fully saturated rings. The first-order valence-electron chi connectivity index (χ1n) is 7.18. The Kier molecular flexibility index (Phi) is 6.75. The number of halogens is 6. The van der Waals surface area contributed by atoms with Crippen molar-refractivity contribution in [2.75, 3.05) is 5.32 Å². The van der Waals surface area contributed by atoms with Crippen LogP contribution < -0.4 is 10.6 Å². The third-order valence-electron chi connectivity index (χ3n) is 3.15. The number of benzene rings is 2. The van der Waals surface area contributed by atoms with Gasteiger partial charge in [-0.2, -0.15) is 13.2 Å². The molecule has 0 atom stereocenters. The summed E-state index contributed by atoms with van der Waals surface area (Å²) in [6.07, 6.45) is -3.98. The van der Waals surface area contributed by atoms with Crippen LogP contribution in [0.1, 0.15) is 15.9 Å². The van der Waals surface area contributed by atoms with Crippen LogP contribution in [0.2, 0.25) is 10.0 Å². The fourth-order valence-corrected chi connectivity index (χ4v) is 2.50. The van der Waals surface area contributed by atoms with Crippen LogP contribution in [-0.2, 0) is 0 Å². The Morgan fingerprint density at radius 2 is 1.67 bits per heavy atom. The molecule has 0 aliphatic rings. The van der Waals surface area contributed by atoms with Gasteiger partial charge < -0.3 is 5.32 Å². The van der Waals surface area contributed by atoms with Gasteiger partial charge in [-0.05, 0) is 35.9 Å². The Morgan fingerprint density at radius 3 is 2.26 bits per heavy atom. The van der Waals surface area contributed by atoms with Gasteiger partial charge in [0.1, 0.15) is 5.03 Å². The fraction of sp³-hybridized carbons (Fsp3) is 0.0588. The van der Waals surface area contributed by atoms with Gasteiger partial charge in [0.25, 0.3) is 5.91 Å². The smallest absolute Gasteiger partial charge is 0.306 e. The summed E-state index contributed by atoms with van der Waals surface area (Å²) in [5.74, 6) is -0.731. The number of alkyl halides is 3. The van der Waals surface area contributed by atoms with Crippen molar-refractivity contribution < 1.29 is 22.8 Å². The first-order chi connectivity index (χ1) is 12.6. The van der Waals surface area contributed by atoms with E-state index in [9.17, 15) is 22.8 Å². The SMILES string of the molecule is O=C(NC(=O)c1ccccc1Cl)Nc1ccc(/C=C(\Cl)C(F)(F)F)cc1Cl. The molecule has 2 rings (SSSR count). The van der Waals surface area contributed by atoms with Gasteiger partial charge in [0.15, 0.2) is 0 Å². The van der Waals surface area contributed by atoms with Gasteiger partial charge in [-0.1, -0.05) is 53.0 Å². The molecule has 0 heterocycles. The Labute approximate surface area is 166 Å². The first kappa shape index (κ1) is 21.1. The molecule has 0 aliphatic carbocycles. The number of anilines is 1. The Morgan fingerprint density at radius 1 is 1.00 bits per heavy atom. The van der Waals surface area contributed by atoms with Gasteiger partial charge in [0, 0.05) is 0 Å². The van der Waals surface area contributed by atoms with E-state index in [4.69, 9.17) is 34.8 Å². The quantitative estimate of drug-likeness (QED) is 0.610. The zero-order valence-corrected chi connectivity index (χ0v) is 15.5. The molecule has 0 saturated heterocycles. The number of urea groups is 1. The van der Waals surface area contributed by atoms with Crippen molar-refractivity contribution in [3.8, 4) is 0 Å². The standard InChI is InChI=1S/C17H10Cl3F3N2O2/c18-11-4-2-1-3-10(11)15(26)25-16(27)24-13-6-5-9(7-12(13)19)8-14(20)17(21,22)23/h1-8H,(H2,24,25,26,27)/b14-8-. The van der Waals surface area contributed by atoms with Crippen LogP contribution in [0.3, 0.4) is 0 Å². The molecule has 3 amide bonds. The van der Waals surface area contributed by atoms with Crippen LogP contribution in [0, 0.1) is 0 Å². The van der Waals surface area contributed by atoms with E-state index >= 15 is 0 Å². The first-order valence-corrected chi connectivity index (χ1v) is 8.32. The second-order valence-corrected chi connectivity index (χ2v) is 6.34. The zero-order chi connectivity index (χ0) is 20.2. The number of hydrogen-bond acceptors (Lipinski definition) is 2.